The summed E-state index contributed by atoms with van der Waals surface area (Å²) in [5, 5.41) is 9.82. The molecule has 2 fully saturated rings. The number of hydrogen-bond donors (Lipinski definition) is 1. The number of aromatic nitrogens is 1. The first-order valence-corrected chi connectivity index (χ1v) is 12.3. The number of rotatable bonds is 7. The van der Waals surface area contributed by atoms with Crippen molar-refractivity contribution in [2.75, 3.05) is 39.3 Å². The van der Waals surface area contributed by atoms with E-state index in [0.29, 0.717) is 37.7 Å². The Labute approximate surface area is 201 Å². The van der Waals surface area contributed by atoms with Gasteiger partial charge in [0.1, 0.15) is 11.4 Å². The van der Waals surface area contributed by atoms with Crippen molar-refractivity contribution in [1.29, 1.82) is 0 Å². The second-order valence-corrected chi connectivity index (χ2v) is 10.3. The zero-order valence-corrected chi connectivity index (χ0v) is 20.3. The minimum Gasteiger partial charge on any atom is -0.492 e. The van der Waals surface area contributed by atoms with Crippen LogP contribution in [0.2, 0.25) is 0 Å². The molecule has 1 N–H and O–H groups in total. The SMILES string of the molecule is CC(C)(F)CN1CCC(COc2ccc(-c3ccc(C(=O)N4CCCC(O)C4)cc3)nc2)CC1. The number of benzene rings is 1. The largest absolute Gasteiger partial charge is 0.492 e. The molecule has 2 aliphatic heterocycles. The highest BCUT2D eigenvalue weighted by Gasteiger charge is 2.26. The Bertz CT molecular complexity index is 935. The van der Waals surface area contributed by atoms with Crippen LogP contribution in [0.1, 0.15) is 49.9 Å². The molecule has 0 bridgehead atoms. The highest BCUT2D eigenvalue weighted by Crippen LogP contribution is 2.24. The Morgan fingerprint density at radius 3 is 2.47 bits per heavy atom. The third-order valence-corrected chi connectivity index (χ3v) is 6.64. The van der Waals surface area contributed by atoms with Crippen molar-refractivity contribution in [1.82, 2.24) is 14.8 Å². The van der Waals surface area contributed by atoms with E-state index in [4.69, 9.17) is 4.74 Å². The molecule has 1 atom stereocenters. The number of piperidine rings is 2. The van der Waals surface area contributed by atoms with E-state index in [1.54, 1.807) is 24.9 Å². The van der Waals surface area contributed by atoms with E-state index in [-0.39, 0.29) is 5.91 Å². The maximum atomic E-state index is 13.8. The van der Waals surface area contributed by atoms with E-state index in [2.05, 4.69) is 9.88 Å². The van der Waals surface area contributed by atoms with Gasteiger partial charge in [-0.05, 0) is 82.8 Å². The van der Waals surface area contributed by atoms with Gasteiger partial charge in [-0.1, -0.05) is 12.1 Å². The number of likely N-dealkylation sites (tertiary alicyclic amines) is 2. The summed E-state index contributed by atoms with van der Waals surface area (Å²) in [6.45, 7) is 7.32. The van der Waals surface area contributed by atoms with Gasteiger partial charge in [0, 0.05) is 30.8 Å². The number of pyridine rings is 1. The van der Waals surface area contributed by atoms with Crippen molar-refractivity contribution in [3.8, 4) is 17.0 Å². The van der Waals surface area contributed by atoms with Crippen molar-refractivity contribution in [3.05, 3.63) is 48.2 Å². The summed E-state index contributed by atoms with van der Waals surface area (Å²) >= 11 is 0. The standard InChI is InChI=1S/C27H36FN3O3/c1-27(2,28)19-30-14-11-20(12-15-30)18-34-24-9-10-25(29-16-24)21-5-7-22(8-6-21)26(33)31-13-3-4-23(32)17-31/h5-10,16,20,23,32H,3-4,11-15,17-19H2,1-2H3. The quantitative estimate of drug-likeness (QED) is 0.659. The highest BCUT2D eigenvalue weighted by atomic mass is 19.1. The molecule has 6 nitrogen and oxygen atoms in total. The molecule has 34 heavy (non-hydrogen) atoms. The molecular weight excluding hydrogens is 433 g/mol. The Morgan fingerprint density at radius 1 is 1.12 bits per heavy atom. The molecule has 3 heterocycles. The molecule has 2 aliphatic rings. The van der Waals surface area contributed by atoms with Crippen LogP contribution in [0.3, 0.4) is 0 Å². The minimum atomic E-state index is -1.15. The van der Waals surface area contributed by atoms with Crippen molar-refractivity contribution >= 4 is 5.91 Å². The molecule has 0 radical (unpaired) electrons. The lowest BCUT2D eigenvalue weighted by Gasteiger charge is -2.34. The van der Waals surface area contributed by atoms with Crippen LogP contribution < -0.4 is 4.74 Å². The number of β-amino-alcohol motifs (C(OH)–C–C–N with tert-alkyl or cyclic N) is 1. The smallest absolute Gasteiger partial charge is 0.253 e. The molecule has 0 saturated carbocycles. The second kappa shape index (κ2) is 10.8. The van der Waals surface area contributed by atoms with Gasteiger partial charge in [-0.15, -0.1) is 0 Å². The molecule has 1 amide bonds. The third-order valence-electron chi connectivity index (χ3n) is 6.64. The van der Waals surface area contributed by atoms with Crippen LogP contribution in [0.25, 0.3) is 11.3 Å². The van der Waals surface area contributed by atoms with E-state index >= 15 is 0 Å². The molecule has 2 saturated heterocycles. The summed E-state index contributed by atoms with van der Waals surface area (Å²) in [6.07, 6.45) is 4.94. The number of carbonyl (C=O) groups excluding carboxylic acids is 1. The molecule has 0 spiro atoms. The number of carbonyl (C=O) groups is 1. The van der Waals surface area contributed by atoms with Gasteiger partial charge in [0.15, 0.2) is 0 Å². The van der Waals surface area contributed by atoms with Gasteiger partial charge in [-0.25, -0.2) is 4.39 Å². The molecule has 0 aliphatic carbocycles. The van der Waals surface area contributed by atoms with Crippen LogP contribution in [-0.4, -0.2) is 76.9 Å². The van der Waals surface area contributed by atoms with E-state index in [9.17, 15) is 14.3 Å². The fourth-order valence-corrected chi connectivity index (χ4v) is 4.80. The van der Waals surface area contributed by atoms with Gasteiger partial charge in [-0.3, -0.25) is 9.78 Å². The zero-order valence-electron chi connectivity index (χ0n) is 20.3. The first-order valence-electron chi connectivity index (χ1n) is 12.3. The Balaban J connectivity index is 1.26. The topological polar surface area (TPSA) is 65.9 Å². The van der Waals surface area contributed by atoms with E-state index in [1.165, 1.54) is 0 Å². The maximum absolute atomic E-state index is 13.8. The number of hydrogen-bond acceptors (Lipinski definition) is 5. The predicted molar refractivity (Wildman–Crippen MR) is 131 cm³/mol. The van der Waals surface area contributed by atoms with E-state index in [0.717, 1.165) is 55.8 Å². The second-order valence-electron chi connectivity index (χ2n) is 10.3. The van der Waals surface area contributed by atoms with Crippen molar-refractivity contribution < 1.29 is 19.0 Å². The van der Waals surface area contributed by atoms with Gasteiger partial charge < -0.3 is 19.6 Å². The van der Waals surface area contributed by atoms with Crippen molar-refractivity contribution in [2.45, 2.75) is 51.3 Å². The van der Waals surface area contributed by atoms with Gasteiger partial charge in [0.25, 0.3) is 5.91 Å². The fourth-order valence-electron chi connectivity index (χ4n) is 4.80. The van der Waals surface area contributed by atoms with Crippen LogP contribution in [-0.2, 0) is 0 Å². The molecule has 7 heteroatoms. The number of aliphatic hydroxyl groups excluding tert-OH is 1. The lowest BCUT2D eigenvalue weighted by Crippen LogP contribution is -2.42. The zero-order chi connectivity index (χ0) is 24.1. The van der Waals surface area contributed by atoms with Crippen molar-refractivity contribution in [2.24, 2.45) is 5.92 Å². The number of nitrogens with zero attached hydrogens (tertiary/aromatic N) is 3. The lowest BCUT2D eigenvalue weighted by atomic mass is 9.97. The summed E-state index contributed by atoms with van der Waals surface area (Å²) in [7, 11) is 0. The number of amides is 1. The molecule has 4 rings (SSSR count). The van der Waals surface area contributed by atoms with Crippen LogP contribution in [0.5, 0.6) is 5.75 Å². The summed E-state index contributed by atoms with van der Waals surface area (Å²) in [5.74, 6) is 1.18. The monoisotopic (exact) mass is 469 g/mol. The number of aliphatic hydroxyl groups is 1. The first kappa shape index (κ1) is 24.6. The number of alkyl halides is 1. The molecule has 2 aromatic rings. The van der Waals surface area contributed by atoms with Gasteiger partial charge in [0.05, 0.1) is 24.6 Å². The molecular formula is C27H36FN3O3. The molecule has 1 aromatic heterocycles. The van der Waals surface area contributed by atoms with Crippen LogP contribution >= 0.6 is 0 Å². The normalized spacial score (nSPS) is 20.4. The van der Waals surface area contributed by atoms with Crippen LogP contribution in [0, 0.1) is 5.92 Å². The van der Waals surface area contributed by atoms with Gasteiger partial charge in [0.2, 0.25) is 0 Å². The third kappa shape index (κ3) is 6.76. The number of ether oxygens (including phenoxy) is 1. The molecule has 1 unspecified atom stereocenters. The summed E-state index contributed by atoms with van der Waals surface area (Å²) in [5.41, 5.74) is 1.23. The van der Waals surface area contributed by atoms with E-state index in [1.807, 2.05) is 36.4 Å². The summed E-state index contributed by atoms with van der Waals surface area (Å²) < 4.78 is 19.8. The Morgan fingerprint density at radius 2 is 1.85 bits per heavy atom. The van der Waals surface area contributed by atoms with Gasteiger partial charge in [-0.2, -0.15) is 0 Å². The average Bonchev–Trinajstić information content (AvgIpc) is 2.83. The van der Waals surface area contributed by atoms with Crippen molar-refractivity contribution in [3.63, 3.8) is 0 Å². The Hall–Kier alpha value is -2.51. The maximum Gasteiger partial charge on any atom is 0.253 e. The van der Waals surface area contributed by atoms with Crippen LogP contribution in [0.4, 0.5) is 4.39 Å². The summed E-state index contributed by atoms with van der Waals surface area (Å²) in [4.78, 5) is 21.1. The lowest BCUT2D eigenvalue weighted by molar-refractivity contribution is 0.0474. The summed E-state index contributed by atoms with van der Waals surface area (Å²) in [6, 6.07) is 11.3. The first-order chi connectivity index (χ1) is 16.3. The fraction of sp³-hybridized carbons (Fsp3) is 0.556. The van der Waals surface area contributed by atoms with E-state index < -0.39 is 11.8 Å². The molecule has 1 aromatic carbocycles. The highest BCUT2D eigenvalue weighted by molar-refractivity contribution is 5.94. The van der Waals surface area contributed by atoms with Gasteiger partial charge >= 0.3 is 0 Å². The van der Waals surface area contributed by atoms with Crippen LogP contribution in [0.15, 0.2) is 42.6 Å². The predicted octanol–water partition coefficient (Wildman–Crippen LogP) is 4.18. The molecule has 184 valence electrons. The minimum absolute atomic E-state index is 0.0405. The number of halogens is 1. The average molecular weight is 470 g/mol. The Kier molecular flexibility index (Phi) is 7.84.